The van der Waals surface area contributed by atoms with Crippen LogP contribution in [0.2, 0.25) is 0 Å². The Morgan fingerprint density at radius 1 is 1.14 bits per heavy atom. The van der Waals surface area contributed by atoms with Crippen LogP contribution < -0.4 is 0 Å². The number of rotatable bonds is 2. The molecule has 0 amide bonds. The predicted molar refractivity (Wildman–Crippen MR) is 61.1 cm³/mol. The predicted octanol–water partition coefficient (Wildman–Crippen LogP) is 4.12. The van der Waals surface area contributed by atoms with Crippen LogP contribution in [-0.4, -0.2) is 13.9 Å². The van der Waals surface area contributed by atoms with E-state index in [0.29, 0.717) is 6.07 Å². The molecule has 0 atom stereocenters. The van der Waals surface area contributed by atoms with Gasteiger partial charge in [-0.05, 0) is 23.9 Å². The topological polar surface area (TPSA) is 57.9 Å². The van der Waals surface area contributed by atoms with Gasteiger partial charge in [0, 0.05) is 15.6 Å². The lowest BCUT2D eigenvalue weighted by molar-refractivity contribution is -0.140. The van der Waals surface area contributed by atoms with Crippen molar-refractivity contribution in [2.75, 3.05) is 0 Å². The van der Waals surface area contributed by atoms with Gasteiger partial charge in [-0.3, -0.25) is 0 Å². The van der Waals surface area contributed by atoms with Gasteiger partial charge in [0.15, 0.2) is 0 Å². The molecular formula is C9H2ClF6NO2S2. The number of benzene rings is 1. The quantitative estimate of drug-likeness (QED) is 0.447. The first-order chi connectivity index (χ1) is 9.25. The fraction of sp³-hybridized carbons (Fsp3) is 0.222. The Morgan fingerprint density at radius 3 is 2.00 bits per heavy atom. The van der Waals surface area contributed by atoms with E-state index in [2.05, 4.69) is 0 Å². The number of halogens is 7. The SMILES string of the molecule is N#Cc1cc(SC(F)(F)F)c(S(=O)(=O)Cl)c(C(F)(F)F)c1. The van der Waals surface area contributed by atoms with Crippen LogP contribution in [0.5, 0.6) is 0 Å². The molecule has 0 aliphatic heterocycles. The molecule has 0 radical (unpaired) electrons. The Morgan fingerprint density at radius 2 is 1.67 bits per heavy atom. The van der Waals surface area contributed by atoms with E-state index in [1.165, 1.54) is 6.07 Å². The minimum atomic E-state index is -5.30. The zero-order valence-electron chi connectivity index (χ0n) is 9.38. The van der Waals surface area contributed by atoms with E-state index in [1.807, 2.05) is 0 Å². The molecule has 1 aromatic rings. The molecule has 0 spiro atoms. The van der Waals surface area contributed by atoms with E-state index < -0.39 is 53.4 Å². The second-order valence-corrected chi connectivity index (χ2v) is 7.06. The average molecular weight is 370 g/mol. The summed E-state index contributed by atoms with van der Waals surface area (Å²) in [5, 5.41) is 8.55. The van der Waals surface area contributed by atoms with Crippen molar-refractivity contribution in [2.24, 2.45) is 0 Å². The fourth-order valence-corrected chi connectivity index (χ4v) is 3.79. The first-order valence-corrected chi connectivity index (χ1v) is 7.74. The smallest absolute Gasteiger partial charge is 0.207 e. The molecule has 3 nitrogen and oxygen atoms in total. The van der Waals surface area contributed by atoms with Crippen molar-refractivity contribution in [3.8, 4) is 6.07 Å². The van der Waals surface area contributed by atoms with Crippen molar-refractivity contribution in [1.82, 2.24) is 0 Å². The molecule has 0 aliphatic carbocycles. The highest BCUT2D eigenvalue weighted by atomic mass is 35.7. The molecule has 0 aliphatic rings. The maximum absolute atomic E-state index is 12.8. The van der Waals surface area contributed by atoms with Crippen molar-refractivity contribution in [2.45, 2.75) is 21.5 Å². The number of hydrogen-bond donors (Lipinski definition) is 0. The molecule has 0 saturated carbocycles. The fourth-order valence-electron chi connectivity index (χ4n) is 1.33. The number of hydrogen-bond acceptors (Lipinski definition) is 4. The van der Waals surface area contributed by atoms with Gasteiger partial charge in [-0.15, -0.1) is 0 Å². The first-order valence-electron chi connectivity index (χ1n) is 4.61. The molecular weight excluding hydrogens is 368 g/mol. The number of thioether (sulfide) groups is 1. The first kappa shape index (κ1) is 17.9. The van der Waals surface area contributed by atoms with Crippen molar-refractivity contribution in [3.63, 3.8) is 0 Å². The van der Waals surface area contributed by atoms with Crippen molar-refractivity contribution in [3.05, 3.63) is 23.3 Å². The van der Waals surface area contributed by atoms with E-state index in [9.17, 15) is 34.8 Å². The highest BCUT2D eigenvalue weighted by Gasteiger charge is 2.41. The standard InChI is InChI=1S/C9H2ClF6NO2S2/c10-21(18,19)7-5(8(11,12)13)1-4(3-17)2-6(7)20-9(14,15)16/h1-2H. The van der Waals surface area contributed by atoms with Gasteiger partial charge in [0.2, 0.25) is 0 Å². The van der Waals surface area contributed by atoms with Crippen LogP contribution in [0.25, 0.3) is 0 Å². The Balaban J connectivity index is 3.81. The van der Waals surface area contributed by atoms with Gasteiger partial charge in [0.05, 0.1) is 17.2 Å². The van der Waals surface area contributed by atoms with Crippen LogP contribution in [0.15, 0.2) is 21.9 Å². The largest absolute Gasteiger partial charge is 0.446 e. The molecule has 0 fully saturated rings. The monoisotopic (exact) mass is 369 g/mol. The van der Waals surface area contributed by atoms with Gasteiger partial charge >= 0.3 is 11.7 Å². The normalized spacial score (nSPS) is 13.0. The summed E-state index contributed by atoms with van der Waals surface area (Å²) in [6.45, 7) is 0. The van der Waals surface area contributed by atoms with E-state index in [0.717, 1.165) is 0 Å². The van der Waals surface area contributed by atoms with Crippen molar-refractivity contribution in [1.29, 1.82) is 5.26 Å². The molecule has 21 heavy (non-hydrogen) atoms. The molecule has 116 valence electrons. The Kier molecular flexibility index (Phi) is 4.77. The summed E-state index contributed by atoms with van der Waals surface area (Å²) in [6, 6.07) is 1.72. The molecule has 0 heterocycles. The number of nitrogens with zero attached hydrogens (tertiary/aromatic N) is 1. The summed E-state index contributed by atoms with van der Waals surface area (Å²) in [6.07, 6.45) is -5.30. The molecule has 12 heteroatoms. The van der Waals surface area contributed by atoms with Crippen LogP contribution in [0, 0.1) is 11.3 Å². The lowest BCUT2D eigenvalue weighted by atomic mass is 10.1. The van der Waals surface area contributed by atoms with Gasteiger partial charge in [0.25, 0.3) is 9.05 Å². The summed E-state index contributed by atoms with van der Waals surface area (Å²) in [7, 11) is -0.315. The Hall–Kier alpha value is -1.12. The van der Waals surface area contributed by atoms with Crippen LogP contribution in [-0.2, 0) is 15.2 Å². The zero-order chi connectivity index (χ0) is 16.6. The van der Waals surface area contributed by atoms with Gasteiger partial charge in [0.1, 0.15) is 4.90 Å². The van der Waals surface area contributed by atoms with E-state index in [-0.39, 0.29) is 6.07 Å². The average Bonchev–Trinajstić information content (AvgIpc) is 2.22. The lowest BCUT2D eigenvalue weighted by Crippen LogP contribution is -2.13. The van der Waals surface area contributed by atoms with E-state index >= 15 is 0 Å². The Labute approximate surface area is 122 Å². The van der Waals surface area contributed by atoms with Crippen molar-refractivity contribution < 1.29 is 34.8 Å². The Bertz CT molecular complexity index is 705. The second-order valence-electron chi connectivity index (χ2n) is 3.45. The minimum absolute atomic E-state index is 0.121. The van der Waals surface area contributed by atoms with Gasteiger partial charge in [-0.2, -0.15) is 31.6 Å². The summed E-state index contributed by atoms with van der Waals surface area (Å²) < 4.78 is 97.8. The third-order valence-corrected chi connectivity index (χ3v) is 4.25. The summed E-state index contributed by atoms with van der Waals surface area (Å²) in [5.74, 6) is 0. The molecule has 0 unspecified atom stereocenters. The lowest BCUT2D eigenvalue weighted by Gasteiger charge is -2.15. The third kappa shape index (κ3) is 4.69. The summed E-state index contributed by atoms with van der Waals surface area (Å²) in [5.41, 5.74) is -7.77. The van der Waals surface area contributed by atoms with Crippen LogP contribution in [0.3, 0.4) is 0 Å². The summed E-state index contributed by atoms with van der Waals surface area (Å²) >= 11 is -1.10. The van der Waals surface area contributed by atoms with Gasteiger partial charge < -0.3 is 0 Å². The maximum Gasteiger partial charge on any atom is 0.446 e. The maximum atomic E-state index is 12.8. The highest BCUT2D eigenvalue weighted by Crippen LogP contribution is 2.45. The molecule has 1 aromatic carbocycles. The zero-order valence-corrected chi connectivity index (χ0v) is 11.8. The number of nitriles is 1. The molecule has 0 bridgehead atoms. The van der Waals surface area contributed by atoms with Crippen molar-refractivity contribution >= 4 is 31.5 Å². The third-order valence-electron chi connectivity index (χ3n) is 1.96. The van der Waals surface area contributed by atoms with Gasteiger partial charge in [-0.25, -0.2) is 8.42 Å². The number of alkyl halides is 6. The molecule has 1 rings (SSSR count). The molecule has 0 N–H and O–H groups in total. The van der Waals surface area contributed by atoms with Crippen LogP contribution in [0.1, 0.15) is 11.1 Å². The van der Waals surface area contributed by atoms with E-state index in [4.69, 9.17) is 15.9 Å². The molecule has 0 aromatic heterocycles. The highest BCUT2D eigenvalue weighted by molar-refractivity contribution is 8.14. The van der Waals surface area contributed by atoms with Gasteiger partial charge in [-0.1, -0.05) is 0 Å². The summed E-state index contributed by atoms with van der Waals surface area (Å²) in [4.78, 5) is -3.04. The second kappa shape index (κ2) is 5.58. The van der Waals surface area contributed by atoms with Crippen LogP contribution in [0.4, 0.5) is 26.3 Å². The molecule has 0 saturated heterocycles. The van der Waals surface area contributed by atoms with Crippen LogP contribution >= 0.6 is 22.4 Å². The minimum Gasteiger partial charge on any atom is -0.207 e. The van der Waals surface area contributed by atoms with E-state index in [1.54, 1.807) is 0 Å².